The summed E-state index contributed by atoms with van der Waals surface area (Å²) in [7, 11) is 0. The maximum absolute atomic E-state index is 10.9. The predicted octanol–water partition coefficient (Wildman–Crippen LogP) is 2.67. The third kappa shape index (κ3) is 3.48. The average molecular weight is 313 g/mol. The van der Waals surface area contributed by atoms with Crippen LogP contribution in [0.15, 0.2) is 36.4 Å². The Hall–Kier alpha value is -2.47. The van der Waals surface area contributed by atoms with Gasteiger partial charge in [-0.2, -0.15) is 0 Å². The summed E-state index contributed by atoms with van der Waals surface area (Å²) in [6.07, 6.45) is 0. The number of anilines is 1. The summed E-state index contributed by atoms with van der Waals surface area (Å²) < 4.78 is 5.41. The van der Waals surface area contributed by atoms with Gasteiger partial charge in [0, 0.05) is 23.6 Å². The minimum absolute atomic E-state index is 0.257. The molecule has 1 fully saturated rings. The summed E-state index contributed by atoms with van der Waals surface area (Å²) in [6.45, 7) is 4.51. The molecular formula is C17H19N3O3. The minimum atomic E-state index is -0.340. The van der Waals surface area contributed by atoms with Crippen molar-refractivity contribution in [2.75, 3.05) is 31.2 Å². The van der Waals surface area contributed by atoms with E-state index >= 15 is 0 Å². The van der Waals surface area contributed by atoms with Gasteiger partial charge in [0.15, 0.2) is 0 Å². The molecule has 0 radical (unpaired) electrons. The lowest BCUT2D eigenvalue weighted by Crippen LogP contribution is -2.37. The van der Waals surface area contributed by atoms with Crippen molar-refractivity contribution >= 4 is 5.82 Å². The first-order valence-electron chi connectivity index (χ1n) is 7.65. The molecule has 0 unspecified atom stereocenters. The van der Waals surface area contributed by atoms with E-state index in [0.717, 1.165) is 35.6 Å². The van der Waals surface area contributed by atoms with E-state index in [2.05, 4.69) is 9.88 Å². The van der Waals surface area contributed by atoms with Gasteiger partial charge in [-0.25, -0.2) is 4.98 Å². The van der Waals surface area contributed by atoms with Crippen LogP contribution in [0, 0.1) is 17.0 Å². The molecule has 2 aromatic rings. The molecule has 0 bridgehead atoms. The van der Waals surface area contributed by atoms with Gasteiger partial charge in [-0.05, 0) is 24.1 Å². The molecule has 1 saturated heterocycles. The van der Waals surface area contributed by atoms with E-state index in [-0.39, 0.29) is 11.5 Å². The second-order valence-corrected chi connectivity index (χ2v) is 5.59. The van der Waals surface area contributed by atoms with E-state index in [4.69, 9.17) is 4.74 Å². The van der Waals surface area contributed by atoms with Gasteiger partial charge < -0.3 is 9.64 Å². The number of morpholine rings is 1. The molecule has 0 saturated carbocycles. The third-order valence-electron chi connectivity index (χ3n) is 3.91. The summed E-state index contributed by atoms with van der Waals surface area (Å²) in [6, 6.07) is 11.9. The van der Waals surface area contributed by atoms with E-state index in [0.29, 0.717) is 18.9 Å². The van der Waals surface area contributed by atoms with Crippen molar-refractivity contribution in [3.63, 3.8) is 0 Å². The zero-order chi connectivity index (χ0) is 16.2. The first-order chi connectivity index (χ1) is 11.1. The number of benzene rings is 1. The number of nitrogens with zero attached hydrogens (tertiary/aromatic N) is 3. The third-order valence-corrected chi connectivity index (χ3v) is 3.91. The Morgan fingerprint density at radius 1 is 1.26 bits per heavy atom. The van der Waals surface area contributed by atoms with Crippen LogP contribution >= 0.6 is 0 Å². The highest BCUT2D eigenvalue weighted by atomic mass is 16.6. The summed E-state index contributed by atoms with van der Waals surface area (Å²) in [5.74, 6) is 0.816. The Bertz CT molecular complexity index is 698. The number of aromatic nitrogens is 1. The summed E-state index contributed by atoms with van der Waals surface area (Å²) in [5, 5.41) is 10.9. The fourth-order valence-corrected chi connectivity index (χ4v) is 2.90. The molecule has 1 aromatic heterocycles. The summed E-state index contributed by atoms with van der Waals surface area (Å²) in [5.41, 5.74) is 3.62. The molecule has 3 rings (SSSR count). The van der Waals surface area contributed by atoms with Crippen molar-refractivity contribution in [2.45, 2.75) is 13.5 Å². The molecule has 0 amide bonds. The van der Waals surface area contributed by atoms with E-state index in [1.54, 1.807) is 0 Å². The van der Waals surface area contributed by atoms with Gasteiger partial charge in [-0.3, -0.25) is 10.1 Å². The zero-order valence-electron chi connectivity index (χ0n) is 13.1. The second kappa shape index (κ2) is 6.75. The Morgan fingerprint density at radius 2 is 1.96 bits per heavy atom. The molecule has 1 aliphatic heterocycles. The SMILES string of the molecule is Cc1cc(C[N+](=O)[O-])nc(N2CCOCC2)c1-c1ccccc1. The fraction of sp³-hybridized carbons (Fsp3) is 0.353. The van der Waals surface area contributed by atoms with Crippen molar-refractivity contribution in [1.82, 2.24) is 4.98 Å². The molecule has 0 aliphatic carbocycles. The molecule has 120 valence electrons. The van der Waals surface area contributed by atoms with Gasteiger partial charge in [0.25, 0.3) is 0 Å². The number of pyridine rings is 1. The van der Waals surface area contributed by atoms with E-state index in [1.807, 2.05) is 43.3 Å². The van der Waals surface area contributed by atoms with Crippen molar-refractivity contribution in [3.05, 3.63) is 57.8 Å². The van der Waals surface area contributed by atoms with E-state index in [9.17, 15) is 10.1 Å². The lowest BCUT2D eigenvalue weighted by atomic mass is 10.00. The monoisotopic (exact) mass is 313 g/mol. The van der Waals surface area contributed by atoms with Crippen molar-refractivity contribution < 1.29 is 9.66 Å². The Morgan fingerprint density at radius 3 is 2.61 bits per heavy atom. The zero-order valence-corrected chi connectivity index (χ0v) is 13.1. The van der Waals surface area contributed by atoms with Gasteiger partial charge >= 0.3 is 0 Å². The highest BCUT2D eigenvalue weighted by molar-refractivity contribution is 5.79. The average Bonchev–Trinajstić information content (AvgIpc) is 2.55. The van der Waals surface area contributed by atoms with Crippen LogP contribution in [0.3, 0.4) is 0 Å². The van der Waals surface area contributed by atoms with Gasteiger partial charge in [0.05, 0.1) is 13.2 Å². The van der Waals surface area contributed by atoms with Crippen LogP contribution in [-0.2, 0) is 11.3 Å². The largest absolute Gasteiger partial charge is 0.378 e. The smallest absolute Gasteiger partial charge is 0.245 e. The van der Waals surface area contributed by atoms with Crippen molar-refractivity contribution in [2.24, 2.45) is 0 Å². The summed E-state index contributed by atoms with van der Waals surface area (Å²) in [4.78, 5) is 17.3. The number of nitro groups is 1. The van der Waals surface area contributed by atoms with Gasteiger partial charge in [0.2, 0.25) is 6.54 Å². The number of hydrogen-bond acceptors (Lipinski definition) is 5. The van der Waals surface area contributed by atoms with Crippen LogP contribution in [0.1, 0.15) is 11.3 Å². The lowest BCUT2D eigenvalue weighted by molar-refractivity contribution is -0.497. The Balaban J connectivity index is 2.10. The lowest BCUT2D eigenvalue weighted by Gasteiger charge is -2.30. The first kappa shape index (κ1) is 15.4. The van der Waals surface area contributed by atoms with Crippen molar-refractivity contribution in [1.29, 1.82) is 0 Å². The molecule has 0 spiro atoms. The number of ether oxygens (including phenoxy) is 1. The predicted molar refractivity (Wildman–Crippen MR) is 88.1 cm³/mol. The standard InChI is InChI=1S/C17H19N3O3/c1-13-11-15(12-20(21)22)18-17(19-7-9-23-10-8-19)16(13)14-5-3-2-4-6-14/h2-6,11H,7-10,12H2,1H3. The molecule has 23 heavy (non-hydrogen) atoms. The van der Waals surface area contributed by atoms with Gasteiger partial charge in [-0.15, -0.1) is 0 Å². The summed E-state index contributed by atoms with van der Waals surface area (Å²) >= 11 is 0. The quantitative estimate of drug-likeness (QED) is 0.641. The van der Waals surface area contributed by atoms with Crippen LogP contribution in [0.4, 0.5) is 5.82 Å². The highest BCUT2D eigenvalue weighted by Gasteiger charge is 2.21. The molecule has 6 nitrogen and oxygen atoms in total. The Kier molecular flexibility index (Phi) is 4.52. The normalized spacial score (nSPS) is 14.7. The number of hydrogen-bond donors (Lipinski definition) is 0. The Labute approximate surface area is 134 Å². The van der Waals surface area contributed by atoms with Crippen LogP contribution in [0.5, 0.6) is 0 Å². The van der Waals surface area contributed by atoms with Gasteiger partial charge in [0.1, 0.15) is 11.5 Å². The highest BCUT2D eigenvalue weighted by Crippen LogP contribution is 2.33. The maximum atomic E-state index is 10.9. The topological polar surface area (TPSA) is 68.5 Å². The second-order valence-electron chi connectivity index (χ2n) is 5.59. The van der Waals surface area contributed by atoms with E-state index < -0.39 is 0 Å². The van der Waals surface area contributed by atoms with Crippen LogP contribution in [-0.4, -0.2) is 36.2 Å². The molecule has 1 aromatic carbocycles. The van der Waals surface area contributed by atoms with Crippen LogP contribution in [0.25, 0.3) is 11.1 Å². The molecular weight excluding hydrogens is 294 g/mol. The first-order valence-corrected chi connectivity index (χ1v) is 7.65. The van der Waals surface area contributed by atoms with E-state index in [1.165, 1.54) is 0 Å². The molecule has 6 heteroatoms. The molecule has 0 N–H and O–H groups in total. The maximum Gasteiger partial charge on any atom is 0.245 e. The molecule has 0 atom stereocenters. The van der Waals surface area contributed by atoms with Crippen LogP contribution in [0.2, 0.25) is 0 Å². The minimum Gasteiger partial charge on any atom is -0.378 e. The number of rotatable bonds is 4. The fourth-order valence-electron chi connectivity index (χ4n) is 2.90. The van der Waals surface area contributed by atoms with Crippen LogP contribution < -0.4 is 4.90 Å². The number of aryl methyl sites for hydroxylation is 1. The van der Waals surface area contributed by atoms with Crippen molar-refractivity contribution in [3.8, 4) is 11.1 Å². The van der Waals surface area contributed by atoms with Gasteiger partial charge in [-0.1, -0.05) is 30.3 Å². The molecule has 2 heterocycles. The molecule has 1 aliphatic rings.